The van der Waals surface area contributed by atoms with Gasteiger partial charge in [-0.05, 0) is 31.1 Å². The summed E-state index contributed by atoms with van der Waals surface area (Å²) in [7, 11) is 0. The lowest BCUT2D eigenvalue weighted by molar-refractivity contribution is 0.267. The molecule has 0 amide bonds. The maximum absolute atomic E-state index is 8.88. The second-order valence-electron chi connectivity index (χ2n) is 4.47. The maximum Gasteiger partial charge on any atom is 0.0474 e. The molecule has 0 aliphatic heterocycles. The zero-order valence-corrected chi connectivity index (χ0v) is 7.79. The zero-order valence-electron chi connectivity index (χ0n) is 7.79. The lowest BCUT2D eigenvalue weighted by atomic mass is 10.1. The first-order chi connectivity index (χ1) is 5.81. The van der Waals surface area contributed by atoms with Crippen LogP contribution in [-0.4, -0.2) is 23.8 Å². The Bertz CT molecular complexity index is 160. The van der Waals surface area contributed by atoms with Gasteiger partial charge in [0.25, 0.3) is 0 Å². The van der Waals surface area contributed by atoms with Crippen LogP contribution in [0, 0.1) is 11.8 Å². The summed E-state index contributed by atoms with van der Waals surface area (Å²) < 4.78 is 0. The summed E-state index contributed by atoms with van der Waals surface area (Å²) >= 11 is 0. The molecule has 0 aromatic carbocycles. The van der Waals surface area contributed by atoms with Gasteiger partial charge in [-0.1, -0.05) is 13.3 Å². The maximum atomic E-state index is 8.88. The predicted molar refractivity (Wildman–Crippen MR) is 48.9 cm³/mol. The third-order valence-electron chi connectivity index (χ3n) is 3.45. The van der Waals surface area contributed by atoms with E-state index in [-0.39, 0.29) is 0 Å². The van der Waals surface area contributed by atoms with E-state index in [4.69, 9.17) is 5.11 Å². The minimum Gasteiger partial charge on any atom is -0.396 e. The van der Waals surface area contributed by atoms with Crippen molar-refractivity contribution >= 4 is 0 Å². The molecule has 2 heteroatoms. The predicted octanol–water partition coefficient (Wildman–Crippen LogP) is 1.15. The number of aliphatic hydroxyl groups excluding tert-OH is 1. The number of nitrogens with one attached hydrogen (secondary N) is 1. The first-order valence-corrected chi connectivity index (χ1v) is 5.18. The molecular formula is C10H19NO. The first kappa shape index (κ1) is 8.52. The van der Waals surface area contributed by atoms with Gasteiger partial charge < -0.3 is 10.4 Å². The number of aliphatic hydroxyl groups is 1. The van der Waals surface area contributed by atoms with Gasteiger partial charge in [-0.15, -0.1) is 0 Å². The highest BCUT2D eigenvalue weighted by atomic mass is 16.3. The van der Waals surface area contributed by atoms with Crippen molar-refractivity contribution in [2.24, 2.45) is 11.8 Å². The van der Waals surface area contributed by atoms with Crippen molar-refractivity contribution < 1.29 is 5.11 Å². The summed E-state index contributed by atoms with van der Waals surface area (Å²) in [6, 6.07) is 1.38. The monoisotopic (exact) mass is 169 g/mol. The summed E-state index contributed by atoms with van der Waals surface area (Å²) in [4.78, 5) is 0. The van der Waals surface area contributed by atoms with Gasteiger partial charge in [0.1, 0.15) is 0 Å². The van der Waals surface area contributed by atoms with Crippen molar-refractivity contribution in [1.82, 2.24) is 5.32 Å². The fourth-order valence-corrected chi connectivity index (χ4v) is 2.32. The molecule has 12 heavy (non-hydrogen) atoms. The van der Waals surface area contributed by atoms with Gasteiger partial charge in [-0.3, -0.25) is 0 Å². The molecule has 4 atom stereocenters. The largest absolute Gasteiger partial charge is 0.396 e. The van der Waals surface area contributed by atoms with Crippen LogP contribution in [0.2, 0.25) is 0 Å². The molecule has 0 bridgehead atoms. The Hall–Kier alpha value is -0.0800. The third-order valence-corrected chi connectivity index (χ3v) is 3.45. The minimum absolute atomic E-state index is 0.374. The molecule has 0 heterocycles. The molecule has 4 unspecified atom stereocenters. The van der Waals surface area contributed by atoms with Gasteiger partial charge in [-0.2, -0.15) is 0 Å². The minimum atomic E-state index is 0.374. The highest BCUT2D eigenvalue weighted by Crippen LogP contribution is 2.33. The second kappa shape index (κ2) is 3.35. The Balaban J connectivity index is 1.73. The van der Waals surface area contributed by atoms with Crippen LogP contribution in [0.1, 0.15) is 32.6 Å². The van der Waals surface area contributed by atoms with Crippen LogP contribution in [0.15, 0.2) is 0 Å². The number of hydrogen-bond donors (Lipinski definition) is 2. The summed E-state index contributed by atoms with van der Waals surface area (Å²) in [6.07, 6.45) is 5.30. The van der Waals surface area contributed by atoms with E-state index in [0.29, 0.717) is 18.6 Å². The van der Waals surface area contributed by atoms with E-state index < -0.39 is 0 Å². The molecule has 2 rings (SSSR count). The highest BCUT2D eigenvalue weighted by molar-refractivity contribution is 4.96. The highest BCUT2D eigenvalue weighted by Gasteiger charge is 2.39. The van der Waals surface area contributed by atoms with Crippen molar-refractivity contribution in [3.8, 4) is 0 Å². The number of hydrogen-bond acceptors (Lipinski definition) is 2. The van der Waals surface area contributed by atoms with Crippen LogP contribution in [0.5, 0.6) is 0 Å². The lowest BCUT2D eigenvalue weighted by Gasteiger charge is -2.16. The van der Waals surface area contributed by atoms with Crippen molar-refractivity contribution in [2.45, 2.75) is 44.7 Å². The van der Waals surface area contributed by atoms with Crippen molar-refractivity contribution in [1.29, 1.82) is 0 Å². The van der Waals surface area contributed by atoms with Crippen LogP contribution < -0.4 is 5.32 Å². The summed E-state index contributed by atoms with van der Waals surface area (Å²) in [5.41, 5.74) is 0. The first-order valence-electron chi connectivity index (χ1n) is 5.18. The lowest BCUT2D eigenvalue weighted by Crippen LogP contribution is -2.34. The van der Waals surface area contributed by atoms with Crippen LogP contribution in [-0.2, 0) is 0 Å². The molecule has 0 saturated heterocycles. The molecule has 2 saturated carbocycles. The fourth-order valence-electron chi connectivity index (χ4n) is 2.32. The molecule has 0 spiro atoms. The fraction of sp³-hybridized carbons (Fsp3) is 1.00. The van der Waals surface area contributed by atoms with Gasteiger partial charge in [0, 0.05) is 18.7 Å². The zero-order chi connectivity index (χ0) is 8.55. The average Bonchev–Trinajstić information content (AvgIpc) is 2.70. The summed E-state index contributed by atoms with van der Waals surface area (Å²) in [5, 5.41) is 12.5. The molecule has 2 fully saturated rings. The molecule has 2 aliphatic rings. The number of rotatable bonds is 3. The molecule has 70 valence electrons. The van der Waals surface area contributed by atoms with Crippen molar-refractivity contribution in [3.63, 3.8) is 0 Å². The molecule has 0 aromatic heterocycles. The normalized spacial score (nSPS) is 46.5. The molecular weight excluding hydrogens is 150 g/mol. The van der Waals surface area contributed by atoms with Crippen LogP contribution in [0.25, 0.3) is 0 Å². The van der Waals surface area contributed by atoms with Crippen LogP contribution in [0.4, 0.5) is 0 Å². The van der Waals surface area contributed by atoms with E-state index in [1.807, 2.05) is 0 Å². The van der Waals surface area contributed by atoms with Gasteiger partial charge in [0.15, 0.2) is 0 Å². The van der Waals surface area contributed by atoms with Crippen molar-refractivity contribution in [2.75, 3.05) is 6.61 Å². The van der Waals surface area contributed by atoms with Gasteiger partial charge in [-0.25, -0.2) is 0 Å². The van der Waals surface area contributed by atoms with Crippen LogP contribution in [0.3, 0.4) is 0 Å². The van der Waals surface area contributed by atoms with Crippen molar-refractivity contribution in [3.05, 3.63) is 0 Å². The standard InChI is InChI=1S/C10H19NO/c1-7-3-2-4-9(7)11-10-5-8(10)6-12/h7-12H,2-6H2,1H3. The second-order valence-corrected chi connectivity index (χ2v) is 4.47. The van der Waals surface area contributed by atoms with Gasteiger partial charge in [0.05, 0.1) is 0 Å². The smallest absolute Gasteiger partial charge is 0.0474 e. The van der Waals surface area contributed by atoms with E-state index >= 15 is 0 Å². The quantitative estimate of drug-likeness (QED) is 0.664. The van der Waals surface area contributed by atoms with E-state index in [0.717, 1.165) is 12.0 Å². The Kier molecular flexibility index (Phi) is 2.37. The SMILES string of the molecule is CC1CCCC1NC1CC1CO. The molecule has 0 radical (unpaired) electrons. The van der Waals surface area contributed by atoms with E-state index in [2.05, 4.69) is 12.2 Å². The molecule has 0 aromatic rings. The Morgan fingerprint density at radius 3 is 2.67 bits per heavy atom. The van der Waals surface area contributed by atoms with Crippen LogP contribution >= 0.6 is 0 Å². The van der Waals surface area contributed by atoms with E-state index in [1.54, 1.807) is 0 Å². The summed E-state index contributed by atoms with van der Waals surface area (Å²) in [5.74, 6) is 1.42. The summed E-state index contributed by atoms with van der Waals surface area (Å²) in [6.45, 7) is 2.71. The van der Waals surface area contributed by atoms with Gasteiger partial charge >= 0.3 is 0 Å². The Morgan fingerprint density at radius 1 is 1.33 bits per heavy atom. The average molecular weight is 169 g/mol. The molecule has 2 N–H and O–H groups in total. The third kappa shape index (κ3) is 1.64. The Labute approximate surface area is 74.4 Å². The van der Waals surface area contributed by atoms with E-state index in [9.17, 15) is 0 Å². The van der Waals surface area contributed by atoms with Gasteiger partial charge in [0.2, 0.25) is 0 Å². The topological polar surface area (TPSA) is 32.3 Å². The molecule has 2 aliphatic carbocycles. The van der Waals surface area contributed by atoms with E-state index in [1.165, 1.54) is 25.7 Å². The Morgan fingerprint density at radius 2 is 2.17 bits per heavy atom. The molecule has 2 nitrogen and oxygen atoms in total.